The van der Waals surface area contributed by atoms with Gasteiger partial charge in [0.2, 0.25) is 0 Å². The monoisotopic (exact) mass is 379 g/mol. The third-order valence-electron chi connectivity index (χ3n) is 4.63. The van der Waals surface area contributed by atoms with Crippen molar-refractivity contribution in [3.8, 4) is 5.75 Å². The first-order chi connectivity index (χ1) is 13.0. The van der Waals surface area contributed by atoms with E-state index in [2.05, 4.69) is 34.7 Å². The molecule has 0 radical (unpaired) electrons. The molecule has 0 unspecified atom stereocenters. The summed E-state index contributed by atoms with van der Waals surface area (Å²) in [6.45, 7) is 11.1. The summed E-state index contributed by atoms with van der Waals surface area (Å²) in [5, 5.41) is 17.0. The van der Waals surface area contributed by atoms with Gasteiger partial charge in [0.15, 0.2) is 5.96 Å². The number of methoxy groups -OCH3 is 1. The Bertz CT molecular complexity index is 572. The second-order valence-corrected chi connectivity index (χ2v) is 6.79. The summed E-state index contributed by atoms with van der Waals surface area (Å²) in [5.41, 5.74) is 1.48. The lowest BCUT2D eigenvalue weighted by Crippen LogP contribution is -2.46. The van der Waals surface area contributed by atoms with Crippen molar-refractivity contribution in [2.24, 2.45) is 4.99 Å². The molecular formula is C21H37N3O3. The molecule has 0 aliphatic heterocycles. The standard InChI is InChI=1S/C21H37N3O3/c1-6-21(25,7-2)16-24-20(22-8-3)23-15-18-11-10-17(4)14-19(18)27-13-9-12-26-5/h10-11,14,25H,6-9,12-13,15-16H2,1-5H3,(H2,22,23,24). The molecule has 6 heteroatoms. The number of guanidine groups is 1. The van der Waals surface area contributed by atoms with Crippen LogP contribution in [0.2, 0.25) is 0 Å². The number of hydrogen-bond donors (Lipinski definition) is 3. The van der Waals surface area contributed by atoms with Crippen molar-refractivity contribution in [3.05, 3.63) is 29.3 Å². The molecule has 1 aromatic rings. The lowest BCUT2D eigenvalue weighted by molar-refractivity contribution is 0.0367. The van der Waals surface area contributed by atoms with Crippen LogP contribution in [-0.2, 0) is 11.3 Å². The fourth-order valence-electron chi connectivity index (χ4n) is 2.57. The molecule has 1 aromatic carbocycles. The Hall–Kier alpha value is -1.79. The number of nitrogens with one attached hydrogen (secondary N) is 2. The number of aliphatic imine (C=N–C) groups is 1. The van der Waals surface area contributed by atoms with E-state index in [9.17, 15) is 5.11 Å². The van der Waals surface area contributed by atoms with Gasteiger partial charge < -0.3 is 25.2 Å². The average molecular weight is 380 g/mol. The van der Waals surface area contributed by atoms with E-state index in [0.29, 0.717) is 45.1 Å². The Kier molecular flexibility index (Phi) is 10.8. The van der Waals surface area contributed by atoms with Crippen LogP contribution in [0.3, 0.4) is 0 Å². The predicted octanol–water partition coefficient (Wildman–Crippen LogP) is 3.02. The highest BCUT2D eigenvalue weighted by Gasteiger charge is 2.22. The van der Waals surface area contributed by atoms with Gasteiger partial charge in [-0.3, -0.25) is 0 Å². The molecule has 0 aliphatic rings. The van der Waals surface area contributed by atoms with Crippen molar-refractivity contribution >= 4 is 5.96 Å². The molecule has 27 heavy (non-hydrogen) atoms. The van der Waals surface area contributed by atoms with Gasteiger partial charge in [0.1, 0.15) is 5.75 Å². The molecule has 0 heterocycles. The number of nitrogens with zero attached hydrogens (tertiary/aromatic N) is 1. The Balaban J connectivity index is 2.79. The van der Waals surface area contributed by atoms with E-state index in [1.807, 2.05) is 26.8 Å². The van der Waals surface area contributed by atoms with E-state index in [1.165, 1.54) is 0 Å². The summed E-state index contributed by atoms with van der Waals surface area (Å²) >= 11 is 0. The van der Waals surface area contributed by atoms with Gasteiger partial charge in [0.25, 0.3) is 0 Å². The largest absolute Gasteiger partial charge is 0.493 e. The van der Waals surface area contributed by atoms with Crippen LogP contribution >= 0.6 is 0 Å². The quantitative estimate of drug-likeness (QED) is 0.296. The molecule has 0 amide bonds. The minimum Gasteiger partial charge on any atom is -0.493 e. The third kappa shape index (κ3) is 8.63. The molecule has 3 N–H and O–H groups in total. The predicted molar refractivity (Wildman–Crippen MR) is 112 cm³/mol. The van der Waals surface area contributed by atoms with Crippen LogP contribution in [0.25, 0.3) is 0 Å². The summed E-state index contributed by atoms with van der Waals surface area (Å²) in [5.74, 6) is 1.56. The first-order valence-electron chi connectivity index (χ1n) is 9.93. The molecular weight excluding hydrogens is 342 g/mol. The molecule has 6 nitrogen and oxygen atoms in total. The SMILES string of the molecule is CCNC(=NCc1ccc(C)cc1OCCCOC)NCC(O)(CC)CC. The minimum atomic E-state index is -0.713. The number of ether oxygens (including phenoxy) is 2. The molecule has 0 fully saturated rings. The summed E-state index contributed by atoms with van der Waals surface area (Å²) in [6, 6.07) is 6.17. The Morgan fingerprint density at radius 1 is 1.15 bits per heavy atom. The average Bonchev–Trinajstić information content (AvgIpc) is 2.68. The van der Waals surface area contributed by atoms with Crippen LogP contribution in [-0.4, -0.2) is 50.1 Å². The smallest absolute Gasteiger partial charge is 0.191 e. The lowest BCUT2D eigenvalue weighted by Gasteiger charge is -2.26. The highest BCUT2D eigenvalue weighted by atomic mass is 16.5. The number of rotatable bonds is 12. The molecule has 0 atom stereocenters. The summed E-state index contributed by atoms with van der Waals surface area (Å²) in [6.07, 6.45) is 2.25. The molecule has 154 valence electrons. The number of aryl methyl sites for hydroxylation is 1. The zero-order valence-corrected chi connectivity index (χ0v) is 17.6. The van der Waals surface area contributed by atoms with Crippen molar-refractivity contribution in [2.45, 2.75) is 59.1 Å². The molecule has 0 aliphatic carbocycles. The van der Waals surface area contributed by atoms with Gasteiger partial charge in [-0.1, -0.05) is 26.0 Å². The van der Waals surface area contributed by atoms with Crippen molar-refractivity contribution < 1.29 is 14.6 Å². The van der Waals surface area contributed by atoms with E-state index in [1.54, 1.807) is 7.11 Å². The van der Waals surface area contributed by atoms with Crippen LogP contribution in [0.1, 0.15) is 51.2 Å². The maximum Gasteiger partial charge on any atom is 0.191 e. The Labute approximate surface area is 164 Å². The third-order valence-corrected chi connectivity index (χ3v) is 4.63. The van der Waals surface area contributed by atoms with Gasteiger partial charge in [-0.2, -0.15) is 0 Å². The maximum absolute atomic E-state index is 10.5. The van der Waals surface area contributed by atoms with Crippen LogP contribution in [0, 0.1) is 6.92 Å². The van der Waals surface area contributed by atoms with Crippen molar-refractivity contribution in [1.29, 1.82) is 0 Å². The Morgan fingerprint density at radius 2 is 1.89 bits per heavy atom. The Morgan fingerprint density at radius 3 is 2.52 bits per heavy atom. The normalized spacial score (nSPS) is 12.1. The number of hydrogen-bond acceptors (Lipinski definition) is 4. The van der Waals surface area contributed by atoms with Crippen LogP contribution in [0.5, 0.6) is 5.75 Å². The first kappa shape index (κ1) is 23.2. The zero-order chi connectivity index (χ0) is 20.1. The van der Waals surface area contributed by atoms with E-state index in [-0.39, 0.29) is 0 Å². The van der Waals surface area contributed by atoms with Gasteiger partial charge in [-0.05, 0) is 38.3 Å². The van der Waals surface area contributed by atoms with Crippen molar-refractivity contribution in [2.75, 3.05) is 33.4 Å². The highest BCUT2D eigenvalue weighted by Crippen LogP contribution is 2.21. The summed E-state index contributed by atoms with van der Waals surface area (Å²) in [7, 11) is 1.69. The lowest BCUT2D eigenvalue weighted by atomic mass is 9.98. The molecule has 1 rings (SSSR count). The van der Waals surface area contributed by atoms with Crippen molar-refractivity contribution in [3.63, 3.8) is 0 Å². The number of benzene rings is 1. The fourth-order valence-corrected chi connectivity index (χ4v) is 2.57. The van der Waals surface area contributed by atoms with E-state index in [0.717, 1.165) is 29.8 Å². The maximum atomic E-state index is 10.5. The zero-order valence-electron chi connectivity index (χ0n) is 17.6. The van der Waals surface area contributed by atoms with Gasteiger partial charge in [-0.15, -0.1) is 0 Å². The fraction of sp³-hybridized carbons (Fsp3) is 0.667. The first-order valence-corrected chi connectivity index (χ1v) is 9.93. The van der Waals surface area contributed by atoms with Crippen molar-refractivity contribution in [1.82, 2.24) is 10.6 Å². The van der Waals surface area contributed by atoms with E-state index < -0.39 is 5.60 Å². The summed E-state index contributed by atoms with van der Waals surface area (Å²) in [4.78, 5) is 4.67. The van der Waals surface area contributed by atoms with Gasteiger partial charge in [-0.25, -0.2) is 4.99 Å². The second kappa shape index (κ2) is 12.6. The van der Waals surface area contributed by atoms with Gasteiger partial charge in [0, 0.05) is 38.8 Å². The topological polar surface area (TPSA) is 75.1 Å². The minimum absolute atomic E-state index is 0.472. The van der Waals surface area contributed by atoms with Gasteiger partial charge in [0.05, 0.1) is 18.8 Å². The highest BCUT2D eigenvalue weighted by molar-refractivity contribution is 5.79. The van der Waals surface area contributed by atoms with E-state index >= 15 is 0 Å². The van der Waals surface area contributed by atoms with Gasteiger partial charge >= 0.3 is 0 Å². The van der Waals surface area contributed by atoms with Crippen LogP contribution in [0.15, 0.2) is 23.2 Å². The molecule has 0 saturated carbocycles. The number of aliphatic hydroxyl groups is 1. The molecule has 0 bridgehead atoms. The molecule has 0 spiro atoms. The van der Waals surface area contributed by atoms with Crippen LogP contribution in [0.4, 0.5) is 0 Å². The summed E-state index contributed by atoms with van der Waals surface area (Å²) < 4.78 is 11.0. The van der Waals surface area contributed by atoms with E-state index in [4.69, 9.17) is 9.47 Å². The van der Waals surface area contributed by atoms with Crippen LogP contribution < -0.4 is 15.4 Å². The molecule has 0 saturated heterocycles. The second-order valence-electron chi connectivity index (χ2n) is 6.79. The molecule has 0 aromatic heterocycles.